The van der Waals surface area contributed by atoms with Gasteiger partial charge in [-0.05, 0) is 61.7 Å². The van der Waals surface area contributed by atoms with Gasteiger partial charge in [0.05, 0.1) is 44.3 Å². The third-order valence-corrected chi connectivity index (χ3v) is 11.4. The van der Waals surface area contributed by atoms with E-state index in [9.17, 15) is 4.79 Å². The van der Waals surface area contributed by atoms with E-state index in [-0.39, 0.29) is 91.5 Å². The van der Waals surface area contributed by atoms with Gasteiger partial charge in [-0.2, -0.15) is 0 Å². The highest BCUT2D eigenvalue weighted by atomic mass is 16.7. The topological polar surface area (TPSA) is 111 Å². The first-order chi connectivity index (χ1) is 20.7. The number of carbonyl (C=O) groups excluding carboxylic acids is 1. The molecule has 0 aromatic rings. The highest BCUT2D eigenvalue weighted by molar-refractivity contribution is 5.76. The van der Waals surface area contributed by atoms with Gasteiger partial charge >= 0.3 is 0 Å². The van der Waals surface area contributed by atoms with Gasteiger partial charge < -0.3 is 39.5 Å². The third-order valence-electron chi connectivity index (χ3n) is 11.4. The van der Waals surface area contributed by atoms with Crippen molar-refractivity contribution in [3.63, 3.8) is 0 Å². The van der Waals surface area contributed by atoms with Crippen LogP contribution in [0.3, 0.4) is 0 Å². The van der Waals surface area contributed by atoms with E-state index >= 15 is 0 Å². The molecule has 15 atom stereocenters. The molecule has 3 aliphatic rings. The summed E-state index contributed by atoms with van der Waals surface area (Å²) in [7, 11) is 0. The van der Waals surface area contributed by atoms with Crippen LogP contribution in [0.4, 0.5) is 0 Å². The Kier molecular flexibility index (Phi) is 14.4. The Bertz CT molecular complexity index is 874. The second-order valence-electron chi connectivity index (χ2n) is 15.2. The second kappa shape index (κ2) is 16.8. The fourth-order valence-electron chi connectivity index (χ4n) is 7.30. The quantitative estimate of drug-likeness (QED) is 0.247. The molecule has 44 heavy (non-hydrogen) atoms. The number of rotatable bonds is 13. The summed E-state index contributed by atoms with van der Waals surface area (Å²) in [6.07, 6.45) is 0.0831. The number of hydrogen-bond donors (Lipinski definition) is 2. The van der Waals surface area contributed by atoms with Gasteiger partial charge in [-0.3, -0.25) is 4.79 Å². The van der Waals surface area contributed by atoms with Crippen LogP contribution in [0.15, 0.2) is 0 Å². The van der Waals surface area contributed by atoms with Crippen molar-refractivity contribution < 1.29 is 33.2 Å². The monoisotopic (exact) mass is 626 g/mol. The van der Waals surface area contributed by atoms with E-state index in [0.29, 0.717) is 36.9 Å². The average Bonchev–Trinajstić information content (AvgIpc) is 2.95. The number of hydrogen-bond acceptors (Lipinski definition) is 8. The highest BCUT2D eigenvalue weighted by Crippen LogP contribution is 2.42. The molecule has 6 unspecified atom stereocenters. The average molecular weight is 627 g/mol. The predicted octanol–water partition coefficient (Wildman–Crippen LogP) is 5.79. The Hall–Kier alpha value is -0.810. The maximum Gasteiger partial charge on any atom is 0.221 e. The van der Waals surface area contributed by atoms with Crippen molar-refractivity contribution >= 4 is 5.91 Å². The number of nitrogens with one attached hydrogen (secondary N) is 1. The van der Waals surface area contributed by atoms with Crippen molar-refractivity contribution in [1.29, 1.82) is 0 Å². The van der Waals surface area contributed by atoms with Gasteiger partial charge in [0.1, 0.15) is 0 Å². The molecule has 0 aromatic carbocycles. The minimum Gasteiger partial charge on any atom is -0.350 e. The van der Waals surface area contributed by atoms with Crippen LogP contribution in [0.25, 0.3) is 0 Å². The Morgan fingerprint density at radius 1 is 0.659 bits per heavy atom. The molecule has 0 radical (unpaired) electrons. The molecule has 3 heterocycles. The van der Waals surface area contributed by atoms with Crippen LogP contribution < -0.4 is 11.1 Å². The molecule has 3 fully saturated rings. The number of ether oxygens (including phenoxy) is 6. The molecule has 3 N–H and O–H groups in total. The van der Waals surface area contributed by atoms with Crippen LogP contribution in [0.2, 0.25) is 0 Å². The minimum absolute atomic E-state index is 0.0718. The standard InChI is InChI=1S/C35H66N2O7/c1-18(2)13-29-23(8)20(5)26(11)33(42-29)39-15-31-25(10)22(7)28(14-32(38)37-17-36)35(44-31)40-16-30-24(9)21(6)27(12)34(43-30)41-19(3)4/h18-31,33-35H,13-17,36H2,1-12H3,(H,37,38)/t20-,21-,22-,23+,24+,25+,26?,27?,28?,29?,30?,31?,33-,34-,35-/m1/s1. The molecular formula is C35H66N2O7. The molecule has 0 aromatic heterocycles. The third kappa shape index (κ3) is 9.39. The van der Waals surface area contributed by atoms with Gasteiger partial charge in [0.25, 0.3) is 0 Å². The Morgan fingerprint density at radius 2 is 1.14 bits per heavy atom. The summed E-state index contributed by atoms with van der Waals surface area (Å²) < 4.78 is 39.0. The summed E-state index contributed by atoms with van der Waals surface area (Å²) in [6.45, 7) is 27.3. The molecule has 0 saturated carbocycles. The fourth-order valence-corrected chi connectivity index (χ4v) is 7.30. The molecule has 258 valence electrons. The smallest absolute Gasteiger partial charge is 0.221 e. The summed E-state index contributed by atoms with van der Waals surface area (Å²) in [5, 5.41) is 2.75. The molecular weight excluding hydrogens is 560 g/mol. The summed E-state index contributed by atoms with van der Waals surface area (Å²) in [4.78, 5) is 12.7. The fraction of sp³-hybridized carbons (Fsp3) is 0.971. The molecule has 0 aliphatic carbocycles. The first kappa shape index (κ1) is 37.6. The van der Waals surface area contributed by atoms with Crippen LogP contribution in [-0.2, 0) is 33.2 Å². The molecule has 3 saturated heterocycles. The zero-order valence-corrected chi connectivity index (χ0v) is 29.8. The van der Waals surface area contributed by atoms with Crippen LogP contribution >= 0.6 is 0 Å². The van der Waals surface area contributed by atoms with Crippen molar-refractivity contribution in [3.8, 4) is 0 Å². The van der Waals surface area contributed by atoms with E-state index < -0.39 is 6.29 Å². The van der Waals surface area contributed by atoms with Crippen molar-refractivity contribution in [2.45, 2.75) is 139 Å². The maximum atomic E-state index is 12.7. The Morgan fingerprint density at radius 3 is 1.68 bits per heavy atom. The summed E-state index contributed by atoms with van der Waals surface area (Å²) >= 11 is 0. The molecule has 3 aliphatic heterocycles. The van der Waals surface area contributed by atoms with Gasteiger partial charge in [0, 0.05) is 24.2 Å². The van der Waals surface area contributed by atoms with Crippen LogP contribution in [0, 0.1) is 59.2 Å². The summed E-state index contributed by atoms with van der Waals surface area (Å²) in [6, 6.07) is 0. The Labute approximate surface area is 268 Å². The lowest BCUT2D eigenvalue weighted by molar-refractivity contribution is -0.308. The number of nitrogens with two attached hydrogens (primary N) is 1. The van der Waals surface area contributed by atoms with E-state index in [1.807, 2.05) is 13.8 Å². The van der Waals surface area contributed by atoms with E-state index in [2.05, 4.69) is 74.6 Å². The van der Waals surface area contributed by atoms with Gasteiger partial charge in [0.2, 0.25) is 5.91 Å². The van der Waals surface area contributed by atoms with Crippen LogP contribution in [0.1, 0.15) is 95.9 Å². The molecule has 0 bridgehead atoms. The lowest BCUT2D eigenvalue weighted by atomic mass is 9.76. The first-order valence-electron chi connectivity index (χ1n) is 17.5. The normalized spacial score (nSPS) is 43.4. The largest absolute Gasteiger partial charge is 0.350 e. The van der Waals surface area contributed by atoms with E-state index in [1.165, 1.54) is 0 Å². The molecule has 9 nitrogen and oxygen atoms in total. The van der Waals surface area contributed by atoms with E-state index in [0.717, 1.165) is 6.42 Å². The zero-order chi connectivity index (χ0) is 32.9. The number of carbonyl (C=O) groups is 1. The predicted molar refractivity (Wildman–Crippen MR) is 172 cm³/mol. The van der Waals surface area contributed by atoms with E-state index in [1.54, 1.807) is 0 Å². The highest BCUT2D eigenvalue weighted by Gasteiger charge is 2.46. The lowest BCUT2D eigenvalue weighted by Gasteiger charge is -2.47. The van der Waals surface area contributed by atoms with Crippen molar-refractivity contribution in [2.24, 2.45) is 64.9 Å². The summed E-state index contributed by atoms with van der Waals surface area (Å²) in [5.41, 5.74) is 5.62. The second-order valence-corrected chi connectivity index (χ2v) is 15.2. The number of amides is 1. The summed E-state index contributed by atoms with van der Waals surface area (Å²) in [5.74, 6) is 2.86. The van der Waals surface area contributed by atoms with Crippen LogP contribution in [-0.4, -0.2) is 69.1 Å². The van der Waals surface area contributed by atoms with Crippen molar-refractivity contribution in [2.75, 3.05) is 19.9 Å². The molecule has 0 spiro atoms. The molecule has 9 heteroatoms. The maximum absolute atomic E-state index is 12.7. The van der Waals surface area contributed by atoms with Gasteiger partial charge in [-0.15, -0.1) is 0 Å². The van der Waals surface area contributed by atoms with Crippen molar-refractivity contribution in [3.05, 3.63) is 0 Å². The van der Waals surface area contributed by atoms with E-state index in [4.69, 9.17) is 34.2 Å². The first-order valence-corrected chi connectivity index (χ1v) is 17.5. The minimum atomic E-state index is -0.578. The molecule has 1 amide bonds. The zero-order valence-electron chi connectivity index (χ0n) is 29.8. The van der Waals surface area contributed by atoms with Gasteiger partial charge in [-0.25, -0.2) is 0 Å². The lowest BCUT2D eigenvalue weighted by Crippen LogP contribution is -2.53. The van der Waals surface area contributed by atoms with Gasteiger partial charge in [0.15, 0.2) is 18.9 Å². The van der Waals surface area contributed by atoms with Crippen LogP contribution in [0.5, 0.6) is 0 Å². The molecule has 3 rings (SSSR count). The Balaban J connectivity index is 1.73. The van der Waals surface area contributed by atoms with Gasteiger partial charge in [-0.1, -0.05) is 69.2 Å². The SMILES string of the molecule is CC(C)CC1O[C@@H](OCC2O[C@@H](OCC3O[C@@H](OC(C)C)C(C)[C@H](C)[C@@H]3C)C(CC(=O)NCN)[C@H](C)[C@@H]2C)C(C)[C@H](C)[C@@H]1C. The van der Waals surface area contributed by atoms with Crippen molar-refractivity contribution in [1.82, 2.24) is 5.32 Å².